The number of aromatic nitrogens is 4. The van der Waals surface area contributed by atoms with Gasteiger partial charge in [-0.1, -0.05) is 29.3 Å². The molecule has 0 spiro atoms. The van der Waals surface area contributed by atoms with E-state index < -0.39 is 5.91 Å². The Bertz CT molecular complexity index is 1110. The first-order valence-corrected chi connectivity index (χ1v) is 9.99. The van der Waals surface area contributed by atoms with Crippen LogP contribution in [0.4, 0.5) is 11.5 Å². The van der Waals surface area contributed by atoms with E-state index in [-0.39, 0.29) is 23.0 Å². The molecule has 2 amide bonds. The average Bonchev–Trinajstić information content (AvgIpc) is 3.18. The summed E-state index contributed by atoms with van der Waals surface area (Å²) in [6.07, 6.45) is 4.26. The van der Waals surface area contributed by atoms with E-state index >= 15 is 0 Å². The number of nitrogens with one attached hydrogen (secondary N) is 1. The zero-order valence-corrected chi connectivity index (χ0v) is 17.6. The number of hydrogen-bond donors (Lipinski definition) is 2. The number of morpholine rings is 1. The number of para-hydroxylation sites is 1. The summed E-state index contributed by atoms with van der Waals surface area (Å²) in [5.41, 5.74) is 6.32. The number of amides is 2. The van der Waals surface area contributed by atoms with Gasteiger partial charge in [-0.3, -0.25) is 9.59 Å². The number of carbonyl (C=O) groups is 2. The molecule has 0 bridgehead atoms. The van der Waals surface area contributed by atoms with Crippen LogP contribution in [0.1, 0.15) is 21.0 Å². The maximum Gasteiger partial charge on any atom is 0.274 e. The van der Waals surface area contributed by atoms with Crippen molar-refractivity contribution >= 4 is 46.5 Å². The Hall–Kier alpha value is -3.21. The average molecular weight is 462 g/mol. The van der Waals surface area contributed by atoms with Crippen LogP contribution in [0.15, 0.2) is 36.8 Å². The number of ether oxygens (including phenoxy) is 1. The van der Waals surface area contributed by atoms with Crippen molar-refractivity contribution in [3.63, 3.8) is 0 Å². The number of hydrogen-bond acceptors (Lipinski definition) is 7. The van der Waals surface area contributed by atoms with Crippen LogP contribution in [0.2, 0.25) is 10.0 Å². The third-order valence-corrected chi connectivity index (χ3v) is 5.16. The molecule has 3 N–H and O–H groups in total. The van der Waals surface area contributed by atoms with Crippen molar-refractivity contribution in [2.75, 3.05) is 31.6 Å². The maximum absolute atomic E-state index is 12.5. The molecular weight excluding hydrogens is 445 g/mol. The lowest BCUT2D eigenvalue weighted by Gasteiger charge is -2.26. The number of benzene rings is 1. The van der Waals surface area contributed by atoms with Crippen molar-refractivity contribution in [1.29, 1.82) is 0 Å². The molecule has 1 aliphatic rings. The molecule has 0 atom stereocenters. The van der Waals surface area contributed by atoms with Crippen LogP contribution in [0.3, 0.4) is 0 Å². The lowest BCUT2D eigenvalue weighted by Crippen LogP contribution is -2.41. The highest BCUT2D eigenvalue weighted by atomic mass is 35.5. The predicted octanol–water partition coefficient (Wildman–Crippen LogP) is 2.28. The van der Waals surface area contributed by atoms with Gasteiger partial charge in [-0.15, -0.1) is 0 Å². The quantitative estimate of drug-likeness (QED) is 0.595. The Labute approximate surface area is 186 Å². The molecule has 1 aromatic carbocycles. The third kappa shape index (κ3) is 4.46. The largest absolute Gasteiger partial charge is 0.378 e. The number of nitrogens with two attached hydrogens (primary N) is 1. The molecule has 31 heavy (non-hydrogen) atoms. The fraction of sp³-hybridized carbons (Fsp3) is 0.211. The zero-order chi connectivity index (χ0) is 22.0. The molecule has 160 valence electrons. The van der Waals surface area contributed by atoms with E-state index in [0.717, 1.165) is 0 Å². The molecule has 2 aromatic heterocycles. The van der Waals surface area contributed by atoms with Gasteiger partial charge in [0.25, 0.3) is 11.8 Å². The molecule has 1 aliphatic heterocycles. The third-order valence-electron chi connectivity index (χ3n) is 4.55. The fourth-order valence-electron chi connectivity index (χ4n) is 3.04. The van der Waals surface area contributed by atoms with Crippen molar-refractivity contribution in [3.05, 3.63) is 58.2 Å². The second-order valence-corrected chi connectivity index (χ2v) is 7.40. The lowest BCUT2D eigenvalue weighted by atomic mass is 10.3. The minimum Gasteiger partial charge on any atom is -0.378 e. The first-order valence-electron chi connectivity index (χ1n) is 9.24. The van der Waals surface area contributed by atoms with Gasteiger partial charge >= 0.3 is 0 Å². The standard InChI is InChI=1S/C19H17Cl2N7O3/c20-11-2-1-3-12(21)17(11)28-10-14(16(26-28)18(22)29)25-15-9-23-13(8-24-15)19(30)27-4-6-31-7-5-27/h1-3,8-10H,4-7H2,(H2,22,29)(H,24,25). The van der Waals surface area contributed by atoms with Crippen LogP contribution in [0, 0.1) is 0 Å². The van der Waals surface area contributed by atoms with Gasteiger partial charge in [-0.25, -0.2) is 14.6 Å². The monoisotopic (exact) mass is 461 g/mol. The van der Waals surface area contributed by atoms with Crippen molar-refractivity contribution in [1.82, 2.24) is 24.6 Å². The zero-order valence-electron chi connectivity index (χ0n) is 16.1. The number of halogens is 2. The van der Waals surface area contributed by atoms with Crippen molar-refractivity contribution in [3.8, 4) is 5.69 Å². The summed E-state index contributed by atoms with van der Waals surface area (Å²) in [4.78, 5) is 34.4. The minimum atomic E-state index is -0.753. The molecule has 0 saturated carbocycles. The van der Waals surface area contributed by atoms with Gasteiger partial charge < -0.3 is 20.7 Å². The Balaban J connectivity index is 1.58. The summed E-state index contributed by atoms with van der Waals surface area (Å²) in [6, 6.07) is 5.00. The van der Waals surface area contributed by atoms with E-state index in [1.54, 1.807) is 23.1 Å². The van der Waals surface area contributed by atoms with Crippen LogP contribution < -0.4 is 11.1 Å². The van der Waals surface area contributed by atoms with Crippen LogP contribution in [-0.2, 0) is 4.74 Å². The highest BCUT2D eigenvalue weighted by molar-refractivity contribution is 6.37. The smallest absolute Gasteiger partial charge is 0.274 e. The Morgan fingerprint density at radius 1 is 1.10 bits per heavy atom. The molecule has 4 rings (SSSR count). The summed E-state index contributed by atoms with van der Waals surface area (Å²) in [7, 11) is 0. The summed E-state index contributed by atoms with van der Waals surface area (Å²) in [6.45, 7) is 2.00. The van der Waals surface area contributed by atoms with E-state index in [1.807, 2.05) is 0 Å². The summed E-state index contributed by atoms with van der Waals surface area (Å²) < 4.78 is 6.61. The van der Waals surface area contributed by atoms with E-state index in [0.29, 0.717) is 47.9 Å². The lowest BCUT2D eigenvalue weighted by molar-refractivity contribution is 0.0298. The fourth-order valence-corrected chi connectivity index (χ4v) is 3.61. The summed E-state index contributed by atoms with van der Waals surface area (Å²) >= 11 is 12.5. The predicted molar refractivity (Wildman–Crippen MR) is 114 cm³/mol. The SMILES string of the molecule is NC(=O)c1nn(-c2c(Cl)cccc2Cl)cc1Nc1cnc(C(=O)N2CCOCC2)cn1. The number of anilines is 2. The Morgan fingerprint density at radius 3 is 2.42 bits per heavy atom. The topological polar surface area (TPSA) is 128 Å². The molecule has 0 radical (unpaired) electrons. The molecule has 0 aliphatic carbocycles. The van der Waals surface area contributed by atoms with Crippen LogP contribution in [-0.4, -0.2) is 62.8 Å². The van der Waals surface area contributed by atoms with Gasteiger partial charge in [-0.2, -0.15) is 5.10 Å². The van der Waals surface area contributed by atoms with Crippen molar-refractivity contribution < 1.29 is 14.3 Å². The molecule has 1 fully saturated rings. The van der Waals surface area contributed by atoms with Crippen molar-refractivity contribution in [2.24, 2.45) is 5.73 Å². The van der Waals surface area contributed by atoms with E-state index in [1.165, 1.54) is 23.3 Å². The van der Waals surface area contributed by atoms with Crippen molar-refractivity contribution in [2.45, 2.75) is 0 Å². The molecule has 1 saturated heterocycles. The van der Waals surface area contributed by atoms with Gasteiger partial charge in [0, 0.05) is 13.1 Å². The van der Waals surface area contributed by atoms with Gasteiger partial charge in [-0.05, 0) is 12.1 Å². The van der Waals surface area contributed by atoms with Crippen LogP contribution >= 0.6 is 23.2 Å². The molecule has 3 aromatic rings. The maximum atomic E-state index is 12.5. The molecule has 10 nitrogen and oxygen atoms in total. The number of carbonyl (C=O) groups excluding carboxylic acids is 2. The van der Waals surface area contributed by atoms with Crippen LogP contribution in [0.5, 0.6) is 0 Å². The van der Waals surface area contributed by atoms with E-state index in [4.69, 9.17) is 33.7 Å². The van der Waals surface area contributed by atoms with E-state index in [2.05, 4.69) is 20.4 Å². The Kier molecular flexibility index (Phi) is 6.03. The highest BCUT2D eigenvalue weighted by Crippen LogP contribution is 2.30. The normalized spacial score (nSPS) is 13.8. The summed E-state index contributed by atoms with van der Waals surface area (Å²) in [5.74, 6) is -0.677. The summed E-state index contributed by atoms with van der Waals surface area (Å²) in [5, 5.41) is 7.84. The van der Waals surface area contributed by atoms with Gasteiger partial charge in [0.15, 0.2) is 5.69 Å². The molecule has 12 heteroatoms. The number of primary amides is 1. The van der Waals surface area contributed by atoms with Gasteiger partial charge in [0.05, 0.1) is 47.5 Å². The van der Waals surface area contributed by atoms with E-state index in [9.17, 15) is 9.59 Å². The second-order valence-electron chi connectivity index (χ2n) is 6.59. The first-order chi connectivity index (χ1) is 14.9. The highest BCUT2D eigenvalue weighted by Gasteiger charge is 2.21. The molecular formula is C19H17Cl2N7O3. The van der Waals surface area contributed by atoms with Gasteiger partial charge in [0.2, 0.25) is 0 Å². The second kappa shape index (κ2) is 8.88. The molecule has 3 heterocycles. The Morgan fingerprint density at radius 2 is 1.81 bits per heavy atom. The minimum absolute atomic E-state index is 0.0359. The molecule has 0 unspecified atom stereocenters. The number of nitrogens with zero attached hydrogens (tertiary/aromatic N) is 5. The first kappa shape index (κ1) is 21.0. The van der Waals surface area contributed by atoms with Crippen LogP contribution in [0.25, 0.3) is 5.69 Å². The number of rotatable bonds is 5. The van der Waals surface area contributed by atoms with Gasteiger partial charge in [0.1, 0.15) is 17.2 Å².